The number of esters is 5. The molecule has 1 aromatic rings. The van der Waals surface area contributed by atoms with Gasteiger partial charge in [0.15, 0.2) is 49.2 Å². The molecule has 0 amide bonds. The molecule has 0 radical (unpaired) electrons. The zero-order valence-electron chi connectivity index (χ0n) is 24.2. The normalized spacial score (nSPS) is 30.9. The lowest BCUT2D eigenvalue weighted by atomic mass is 9.98. The molecule has 2 aliphatic rings. The van der Waals surface area contributed by atoms with Crippen molar-refractivity contribution in [3.05, 3.63) is 35.9 Å². The molecule has 2 saturated heterocycles. The van der Waals surface area contributed by atoms with Crippen LogP contribution in [0.2, 0.25) is 0 Å². The van der Waals surface area contributed by atoms with Crippen LogP contribution < -0.4 is 0 Å². The van der Waals surface area contributed by atoms with E-state index in [0.29, 0.717) is 0 Å². The second-order valence-electron chi connectivity index (χ2n) is 9.75. The Hall–Kier alpha value is -3.59. The van der Waals surface area contributed by atoms with Crippen molar-refractivity contribution in [2.45, 2.75) is 103 Å². The summed E-state index contributed by atoms with van der Waals surface area (Å²) in [7, 11) is 0. The summed E-state index contributed by atoms with van der Waals surface area (Å²) < 4.78 is 51.2. The van der Waals surface area contributed by atoms with Crippen molar-refractivity contribution in [1.29, 1.82) is 0 Å². The van der Waals surface area contributed by atoms with Gasteiger partial charge in [0.05, 0.1) is 19.3 Å². The summed E-state index contributed by atoms with van der Waals surface area (Å²) >= 11 is 0. The highest BCUT2D eigenvalue weighted by molar-refractivity contribution is 5.69. The van der Waals surface area contributed by atoms with Gasteiger partial charge in [-0.1, -0.05) is 30.3 Å². The number of benzene rings is 1. The zero-order valence-corrected chi connectivity index (χ0v) is 24.2. The third-order valence-electron chi connectivity index (χ3n) is 6.18. The predicted octanol–water partition coefficient (Wildman–Crippen LogP) is 1.35. The summed E-state index contributed by atoms with van der Waals surface area (Å²) in [6, 6.07) is 9.13. The second-order valence-corrected chi connectivity index (χ2v) is 9.75. The van der Waals surface area contributed by atoms with E-state index in [9.17, 15) is 24.0 Å². The minimum absolute atomic E-state index is 0.0658. The Morgan fingerprint density at radius 3 is 1.76 bits per heavy atom. The summed E-state index contributed by atoms with van der Waals surface area (Å²) in [5.74, 6) is -3.60. The molecular weight excluding hydrogens is 560 g/mol. The van der Waals surface area contributed by atoms with E-state index in [0.717, 1.165) is 26.3 Å². The maximum atomic E-state index is 12.1. The fraction of sp³-hybridized carbons (Fsp3) is 0.607. The molecule has 232 valence electrons. The van der Waals surface area contributed by atoms with Crippen molar-refractivity contribution in [3.8, 4) is 0 Å². The molecule has 0 spiro atoms. The Morgan fingerprint density at radius 2 is 1.19 bits per heavy atom. The van der Waals surface area contributed by atoms with Crippen molar-refractivity contribution in [3.63, 3.8) is 0 Å². The fourth-order valence-electron chi connectivity index (χ4n) is 4.67. The van der Waals surface area contributed by atoms with Crippen LogP contribution >= 0.6 is 0 Å². The number of rotatable bonds is 10. The molecule has 14 heteroatoms. The van der Waals surface area contributed by atoms with Crippen LogP contribution in [0.4, 0.5) is 0 Å². The Labute approximate surface area is 242 Å². The first-order chi connectivity index (χ1) is 19.8. The maximum absolute atomic E-state index is 12.1. The first-order valence-electron chi connectivity index (χ1n) is 13.3. The van der Waals surface area contributed by atoms with Crippen LogP contribution in [0.15, 0.2) is 30.3 Å². The standard InChI is InChI=1S/C28H36O14/c1-14-22(38-16(3)30)24(40-18(5)32)26(41-19(6)33)28(36-14)42-25-23(39-17(4)31)21(37-15(2)29)13-35-27(25)34-12-20-10-8-7-9-11-20/h7-11,14,21-28H,12-13H2,1-6H3/t14-,21-,22-,23-,24+,25+,26+,27-,28-/m0/s1. The molecule has 0 N–H and O–H groups in total. The predicted molar refractivity (Wildman–Crippen MR) is 138 cm³/mol. The van der Waals surface area contributed by atoms with E-state index in [1.807, 2.05) is 30.3 Å². The summed E-state index contributed by atoms with van der Waals surface area (Å²) in [4.78, 5) is 60.0. The summed E-state index contributed by atoms with van der Waals surface area (Å²) in [5, 5.41) is 0. The van der Waals surface area contributed by atoms with Gasteiger partial charge in [-0.2, -0.15) is 0 Å². The highest BCUT2D eigenvalue weighted by Gasteiger charge is 2.54. The van der Waals surface area contributed by atoms with Crippen LogP contribution in [0.1, 0.15) is 47.1 Å². The Morgan fingerprint density at radius 1 is 0.667 bits per heavy atom. The van der Waals surface area contributed by atoms with Gasteiger partial charge < -0.3 is 42.6 Å². The van der Waals surface area contributed by atoms with Gasteiger partial charge in [-0.25, -0.2) is 0 Å². The lowest BCUT2D eigenvalue weighted by Gasteiger charge is -2.47. The van der Waals surface area contributed by atoms with Gasteiger partial charge in [-0.05, 0) is 12.5 Å². The van der Waals surface area contributed by atoms with Gasteiger partial charge >= 0.3 is 29.8 Å². The summed E-state index contributed by atoms with van der Waals surface area (Å²) in [6.07, 6.45) is -11.2. The SMILES string of the molecule is CC(=O)O[C@@H]1[C@@H](OC(C)=O)[C@H](C)O[C@@H](O[C@H]2[C@@H](OCc3ccccc3)OC[C@H](OC(C)=O)[C@@H]2OC(C)=O)[C@@H]1OC(C)=O. The minimum Gasteiger partial charge on any atom is -0.456 e. The van der Waals surface area contributed by atoms with E-state index in [2.05, 4.69) is 0 Å². The van der Waals surface area contributed by atoms with Crippen LogP contribution in [0.3, 0.4) is 0 Å². The number of carbonyl (C=O) groups excluding carboxylic acids is 5. The molecule has 0 aromatic heterocycles. The fourth-order valence-corrected chi connectivity index (χ4v) is 4.67. The van der Waals surface area contributed by atoms with Gasteiger partial charge in [0.1, 0.15) is 0 Å². The molecule has 2 aliphatic heterocycles. The molecule has 9 atom stereocenters. The van der Waals surface area contributed by atoms with Gasteiger partial charge in [-0.3, -0.25) is 24.0 Å². The van der Waals surface area contributed by atoms with Crippen LogP contribution in [-0.2, 0) is 73.2 Å². The number of carbonyl (C=O) groups is 5. The van der Waals surface area contributed by atoms with Gasteiger partial charge in [0, 0.05) is 34.6 Å². The molecule has 2 fully saturated rings. The monoisotopic (exact) mass is 596 g/mol. The molecule has 1 aromatic carbocycles. The average molecular weight is 597 g/mol. The first-order valence-corrected chi connectivity index (χ1v) is 13.3. The highest BCUT2D eigenvalue weighted by Crippen LogP contribution is 2.33. The molecule has 0 unspecified atom stereocenters. The molecule has 0 bridgehead atoms. The van der Waals surface area contributed by atoms with E-state index < -0.39 is 85.2 Å². The van der Waals surface area contributed by atoms with Crippen LogP contribution in [0, 0.1) is 0 Å². The van der Waals surface area contributed by atoms with Gasteiger partial charge in [0.25, 0.3) is 0 Å². The molecule has 0 saturated carbocycles. The summed E-state index contributed by atoms with van der Waals surface area (Å²) in [5.41, 5.74) is 0.797. The van der Waals surface area contributed by atoms with Gasteiger partial charge in [-0.15, -0.1) is 0 Å². The molecule has 3 rings (SSSR count). The molecule has 14 nitrogen and oxygen atoms in total. The van der Waals surface area contributed by atoms with E-state index in [1.165, 1.54) is 20.8 Å². The quantitative estimate of drug-likeness (QED) is 0.280. The molecule has 0 aliphatic carbocycles. The third-order valence-corrected chi connectivity index (χ3v) is 6.18. The lowest BCUT2D eigenvalue weighted by Crippen LogP contribution is -2.64. The van der Waals surface area contributed by atoms with Crippen LogP contribution in [0.5, 0.6) is 0 Å². The number of hydrogen-bond donors (Lipinski definition) is 0. The van der Waals surface area contributed by atoms with Crippen molar-refractivity contribution in [2.75, 3.05) is 6.61 Å². The molecular formula is C28H36O14. The Kier molecular flexibility index (Phi) is 11.8. The smallest absolute Gasteiger partial charge is 0.303 e. The Bertz CT molecular complexity index is 1110. The average Bonchev–Trinajstić information content (AvgIpc) is 2.89. The van der Waals surface area contributed by atoms with Gasteiger partial charge in [0.2, 0.25) is 0 Å². The third kappa shape index (κ3) is 9.21. The largest absolute Gasteiger partial charge is 0.456 e. The highest BCUT2D eigenvalue weighted by atomic mass is 16.8. The van der Waals surface area contributed by atoms with E-state index in [-0.39, 0.29) is 13.2 Å². The topological polar surface area (TPSA) is 168 Å². The molecule has 42 heavy (non-hydrogen) atoms. The number of hydrogen-bond acceptors (Lipinski definition) is 14. The Balaban J connectivity index is 2.00. The first kappa shape index (κ1) is 32.9. The number of ether oxygens (including phenoxy) is 9. The summed E-state index contributed by atoms with van der Waals surface area (Å²) in [6.45, 7) is 7.17. The van der Waals surface area contributed by atoms with Crippen molar-refractivity contribution in [2.24, 2.45) is 0 Å². The van der Waals surface area contributed by atoms with Crippen molar-refractivity contribution >= 4 is 29.8 Å². The zero-order chi connectivity index (χ0) is 31.0. The van der Waals surface area contributed by atoms with Crippen LogP contribution in [0.25, 0.3) is 0 Å². The van der Waals surface area contributed by atoms with Crippen molar-refractivity contribution < 1.29 is 66.6 Å². The lowest BCUT2D eigenvalue weighted by molar-refractivity contribution is -0.356. The van der Waals surface area contributed by atoms with E-state index >= 15 is 0 Å². The molecule has 2 heterocycles. The van der Waals surface area contributed by atoms with Crippen molar-refractivity contribution in [1.82, 2.24) is 0 Å². The second kappa shape index (κ2) is 15.0. The van der Waals surface area contributed by atoms with E-state index in [1.54, 1.807) is 0 Å². The van der Waals surface area contributed by atoms with Crippen LogP contribution in [-0.4, -0.2) is 91.8 Å². The minimum atomic E-state index is -1.48. The maximum Gasteiger partial charge on any atom is 0.303 e. The van der Waals surface area contributed by atoms with E-state index in [4.69, 9.17) is 42.6 Å².